The van der Waals surface area contributed by atoms with E-state index in [1.165, 1.54) is 0 Å². The zero-order valence-electron chi connectivity index (χ0n) is 7.79. The monoisotopic (exact) mass is 191 g/mol. The van der Waals surface area contributed by atoms with Crippen molar-refractivity contribution < 1.29 is 4.79 Å². The highest BCUT2D eigenvalue weighted by atomic mass is 16.1. The lowest BCUT2D eigenvalue weighted by atomic mass is 10.1. The van der Waals surface area contributed by atoms with Crippen LogP contribution in [0.3, 0.4) is 0 Å². The van der Waals surface area contributed by atoms with Gasteiger partial charge in [-0.25, -0.2) is 0 Å². The Kier molecular flexibility index (Phi) is 3.12. The van der Waals surface area contributed by atoms with Gasteiger partial charge in [-0.05, 0) is 18.2 Å². The van der Waals surface area contributed by atoms with Crippen molar-refractivity contribution in [1.82, 2.24) is 5.32 Å². The van der Waals surface area contributed by atoms with E-state index in [-0.39, 0.29) is 5.91 Å². The first kappa shape index (κ1) is 10.1. The number of carbonyl (C=O) groups is 1. The van der Waals surface area contributed by atoms with E-state index in [2.05, 4.69) is 11.9 Å². The third kappa shape index (κ3) is 2.26. The molecule has 0 spiro atoms. The molecule has 14 heavy (non-hydrogen) atoms. The van der Waals surface area contributed by atoms with Crippen LogP contribution < -0.4 is 16.8 Å². The summed E-state index contributed by atoms with van der Waals surface area (Å²) >= 11 is 0. The number of anilines is 2. The molecule has 0 atom stereocenters. The minimum absolute atomic E-state index is 0.220. The minimum atomic E-state index is -0.220. The van der Waals surface area contributed by atoms with E-state index in [1.54, 1.807) is 24.3 Å². The van der Waals surface area contributed by atoms with Crippen LogP contribution >= 0.6 is 0 Å². The van der Waals surface area contributed by atoms with Crippen molar-refractivity contribution in [2.75, 3.05) is 18.0 Å². The maximum Gasteiger partial charge on any atom is 0.253 e. The molecule has 74 valence electrons. The molecule has 1 rings (SSSR count). The normalized spacial score (nSPS) is 9.43. The topological polar surface area (TPSA) is 81.1 Å². The van der Waals surface area contributed by atoms with Crippen LogP contribution in [0, 0.1) is 0 Å². The Balaban J connectivity index is 2.84. The van der Waals surface area contributed by atoms with E-state index in [9.17, 15) is 4.79 Å². The second kappa shape index (κ2) is 4.32. The second-order valence-electron chi connectivity index (χ2n) is 2.85. The van der Waals surface area contributed by atoms with Crippen LogP contribution in [0.4, 0.5) is 11.4 Å². The van der Waals surface area contributed by atoms with Gasteiger partial charge in [0.1, 0.15) is 0 Å². The van der Waals surface area contributed by atoms with E-state index in [0.29, 0.717) is 23.5 Å². The highest BCUT2D eigenvalue weighted by Gasteiger charge is 2.07. The summed E-state index contributed by atoms with van der Waals surface area (Å²) in [6, 6.07) is 4.80. The molecule has 1 aromatic rings. The molecule has 0 saturated carbocycles. The fourth-order valence-corrected chi connectivity index (χ4v) is 1.05. The number of hydrogen-bond acceptors (Lipinski definition) is 3. The molecule has 0 radical (unpaired) electrons. The molecule has 0 aliphatic heterocycles. The lowest BCUT2D eigenvalue weighted by Crippen LogP contribution is -2.24. The molecule has 4 heteroatoms. The summed E-state index contributed by atoms with van der Waals surface area (Å²) in [6.07, 6.45) is 1.60. The number of carbonyl (C=O) groups excluding carboxylic acids is 1. The van der Waals surface area contributed by atoms with Gasteiger partial charge >= 0.3 is 0 Å². The fraction of sp³-hybridized carbons (Fsp3) is 0.100. The molecule has 4 nitrogen and oxygen atoms in total. The van der Waals surface area contributed by atoms with Crippen molar-refractivity contribution in [2.45, 2.75) is 0 Å². The quantitative estimate of drug-likeness (QED) is 0.487. The van der Waals surface area contributed by atoms with E-state index in [1.807, 2.05) is 0 Å². The predicted molar refractivity (Wildman–Crippen MR) is 57.8 cm³/mol. The van der Waals surface area contributed by atoms with E-state index < -0.39 is 0 Å². The highest BCUT2D eigenvalue weighted by molar-refractivity contribution is 5.99. The van der Waals surface area contributed by atoms with Crippen LogP contribution in [0.15, 0.2) is 30.9 Å². The summed E-state index contributed by atoms with van der Waals surface area (Å²) in [5.74, 6) is -0.220. The summed E-state index contributed by atoms with van der Waals surface area (Å²) in [4.78, 5) is 11.5. The number of benzene rings is 1. The second-order valence-corrected chi connectivity index (χ2v) is 2.85. The molecule has 1 amide bonds. The van der Waals surface area contributed by atoms with Gasteiger partial charge in [0.05, 0.1) is 5.56 Å². The number of hydrogen-bond donors (Lipinski definition) is 3. The van der Waals surface area contributed by atoms with Crippen molar-refractivity contribution in [3.8, 4) is 0 Å². The van der Waals surface area contributed by atoms with Crippen LogP contribution in [0.5, 0.6) is 0 Å². The first-order chi connectivity index (χ1) is 6.65. The standard InChI is InChI=1S/C10H13N3O/c1-2-5-13-10(14)8-4-3-7(11)6-9(8)12/h2-4,6H,1,5,11-12H2,(H,13,14). The Morgan fingerprint density at radius 1 is 1.50 bits per heavy atom. The molecule has 0 aliphatic rings. The van der Waals surface area contributed by atoms with Gasteiger partial charge in [0.25, 0.3) is 5.91 Å². The van der Waals surface area contributed by atoms with Gasteiger partial charge in [0.15, 0.2) is 0 Å². The maximum atomic E-state index is 11.5. The van der Waals surface area contributed by atoms with Crippen LogP contribution in [-0.4, -0.2) is 12.5 Å². The first-order valence-electron chi connectivity index (χ1n) is 4.19. The Morgan fingerprint density at radius 2 is 2.21 bits per heavy atom. The van der Waals surface area contributed by atoms with Crippen LogP contribution in [0.2, 0.25) is 0 Å². The van der Waals surface area contributed by atoms with Crippen molar-refractivity contribution in [3.63, 3.8) is 0 Å². The molecule has 0 heterocycles. The molecule has 0 unspecified atom stereocenters. The number of nitrogen functional groups attached to an aromatic ring is 2. The van der Waals surface area contributed by atoms with Crippen LogP contribution in [0.25, 0.3) is 0 Å². The van der Waals surface area contributed by atoms with Crippen molar-refractivity contribution >= 4 is 17.3 Å². The molecule has 0 fully saturated rings. The Hall–Kier alpha value is -1.97. The number of nitrogens with one attached hydrogen (secondary N) is 1. The largest absolute Gasteiger partial charge is 0.399 e. The van der Waals surface area contributed by atoms with E-state index >= 15 is 0 Å². The van der Waals surface area contributed by atoms with Crippen LogP contribution in [0.1, 0.15) is 10.4 Å². The van der Waals surface area contributed by atoms with E-state index in [0.717, 1.165) is 0 Å². The molecule has 5 N–H and O–H groups in total. The van der Waals surface area contributed by atoms with E-state index in [4.69, 9.17) is 11.5 Å². The van der Waals surface area contributed by atoms with Gasteiger partial charge in [-0.15, -0.1) is 6.58 Å². The Morgan fingerprint density at radius 3 is 2.79 bits per heavy atom. The average molecular weight is 191 g/mol. The van der Waals surface area contributed by atoms with Crippen molar-refractivity contribution in [2.24, 2.45) is 0 Å². The van der Waals surface area contributed by atoms with Crippen LogP contribution in [-0.2, 0) is 0 Å². The smallest absolute Gasteiger partial charge is 0.253 e. The third-order valence-electron chi connectivity index (χ3n) is 1.73. The van der Waals surface area contributed by atoms with Gasteiger partial charge < -0.3 is 16.8 Å². The van der Waals surface area contributed by atoms with Gasteiger partial charge in [0.2, 0.25) is 0 Å². The molecular weight excluding hydrogens is 178 g/mol. The Bertz CT molecular complexity index is 360. The molecule has 0 aromatic heterocycles. The summed E-state index contributed by atoms with van der Waals surface area (Å²) in [7, 11) is 0. The summed E-state index contributed by atoms with van der Waals surface area (Å²) in [5, 5.41) is 2.63. The molecule has 0 aliphatic carbocycles. The zero-order chi connectivity index (χ0) is 10.6. The summed E-state index contributed by atoms with van der Waals surface area (Å²) in [6.45, 7) is 3.92. The van der Waals surface area contributed by atoms with Crippen molar-refractivity contribution in [1.29, 1.82) is 0 Å². The average Bonchev–Trinajstić information content (AvgIpc) is 2.14. The number of rotatable bonds is 3. The van der Waals surface area contributed by atoms with Crippen molar-refractivity contribution in [3.05, 3.63) is 36.4 Å². The van der Waals surface area contributed by atoms with Gasteiger partial charge in [-0.3, -0.25) is 4.79 Å². The zero-order valence-corrected chi connectivity index (χ0v) is 7.79. The van der Waals surface area contributed by atoms with Gasteiger partial charge in [-0.2, -0.15) is 0 Å². The summed E-state index contributed by atoms with van der Waals surface area (Å²) < 4.78 is 0. The number of nitrogens with two attached hydrogens (primary N) is 2. The SMILES string of the molecule is C=CCNC(=O)c1ccc(N)cc1N. The summed E-state index contributed by atoms with van der Waals surface area (Å²) in [5.41, 5.74) is 12.5. The maximum absolute atomic E-state index is 11.5. The lowest BCUT2D eigenvalue weighted by Gasteiger charge is -2.05. The minimum Gasteiger partial charge on any atom is -0.399 e. The third-order valence-corrected chi connectivity index (χ3v) is 1.73. The lowest BCUT2D eigenvalue weighted by molar-refractivity contribution is 0.0959. The molecule has 0 bridgehead atoms. The molecule has 1 aromatic carbocycles. The number of amides is 1. The molecular formula is C10H13N3O. The predicted octanol–water partition coefficient (Wildman–Crippen LogP) is 0.767. The van der Waals surface area contributed by atoms with Gasteiger partial charge in [0, 0.05) is 17.9 Å². The molecule has 0 saturated heterocycles. The van der Waals surface area contributed by atoms with Gasteiger partial charge in [-0.1, -0.05) is 6.08 Å². The fourth-order valence-electron chi connectivity index (χ4n) is 1.05. The highest BCUT2D eigenvalue weighted by Crippen LogP contribution is 2.15. The first-order valence-corrected chi connectivity index (χ1v) is 4.19. The Labute approximate surface area is 82.6 Å².